The number of imidazole rings is 1. The molecule has 0 fully saturated rings. The second-order valence-electron chi connectivity index (χ2n) is 6.31. The molecule has 0 bridgehead atoms. The molecule has 0 aliphatic heterocycles. The van der Waals surface area contributed by atoms with Crippen molar-refractivity contribution in [2.75, 3.05) is 0 Å². The molecule has 0 amide bonds. The third-order valence-corrected chi connectivity index (χ3v) is 3.84. The fourth-order valence-corrected chi connectivity index (χ4v) is 2.77. The fraction of sp³-hybridized carbons (Fsp3) is 0.182. The SMILES string of the molecule is C1=CC(c2nc3ccc(Cc4ccccc4)cc3[nH]2)=CC1.CC(C)=O. The van der Waals surface area contributed by atoms with Crippen molar-refractivity contribution < 1.29 is 4.79 Å². The van der Waals surface area contributed by atoms with Crippen LogP contribution in [0.3, 0.4) is 0 Å². The Morgan fingerprint density at radius 1 is 1.08 bits per heavy atom. The third kappa shape index (κ3) is 4.54. The van der Waals surface area contributed by atoms with E-state index in [4.69, 9.17) is 0 Å². The zero-order valence-corrected chi connectivity index (χ0v) is 14.6. The monoisotopic (exact) mass is 330 g/mol. The molecule has 1 aliphatic rings. The number of benzene rings is 2. The van der Waals surface area contributed by atoms with Gasteiger partial charge in [0, 0.05) is 5.57 Å². The second-order valence-corrected chi connectivity index (χ2v) is 6.31. The molecule has 1 aromatic heterocycles. The quantitative estimate of drug-likeness (QED) is 0.727. The summed E-state index contributed by atoms with van der Waals surface area (Å²) >= 11 is 0. The molecule has 3 aromatic rings. The lowest BCUT2D eigenvalue weighted by Gasteiger charge is -2.01. The highest BCUT2D eigenvalue weighted by atomic mass is 16.1. The van der Waals surface area contributed by atoms with Crippen molar-refractivity contribution in [3.63, 3.8) is 0 Å². The molecular formula is C22H22N2O. The minimum Gasteiger partial charge on any atom is -0.338 e. The van der Waals surface area contributed by atoms with Gasteiger partial charge in [0.15, 0.2) is 0 Å². The van der Waals surface area contributed by atoms with Crippen LogP contribution < -0.4 is 0 Å². The number of carbonyl (C=O) groups is 1. The summed E-state index contributed by atoms with van der Waals surface area (Å²) in [7, 11) is 0. The number of hydrogen-bond donors (Lipinski definition) is 1. The average molecular weight is 330 g/mol. The Labute approximate surface area is 148 Å². The Balaban J connectivity index is 0.000000415. The molecule has 0 unspecified atom stereocenters. The maximum atomic E-state index is 9.44. The smallest absolute Gasteiger partial charge is 0.138 e. The Morgan fingerprint density at radius 2 is 1.84 bits per heavy atom. The van der Waals surface area contributed by atoms with Crippen LogP contribution in [0.4, 0.5) is 0 Å². The van der Waals surface area contributed by atoms with Crippen LogP contribution in [-0.4, -0.2) is 15.8 Å². The van der Waals surface area contributed by atoms with Crippen molar-refractivity contribution in [2.24, 2.45) is 0 Å². The average Bonchev–Trinajstić information content (AvgIpc) is 3.24. The van der Waals surface area contributed by atoms with E-state index in [1.807, 2.05) is 0 Å². The van der Waals surface area contributed by atoms with Crippen molar-refractivity contribution in [1.29, 1.82) is 0 Å². The van der Waals surface area contributed by atoms with E-state index in [2.05, 4.69) is 76.7 Å². The minimum absolute atomic E-state index is 0.167. The standard InChI is InChI=1S/C19H16N2.C3H6O/c1-2-6-14(7-3-1)12-15-10-11-17-18(13-15)21-19(20-17)16-8-4-5-9-16;1-3(2)4/h1-4,6-11,13H,5,12H2,(H,20,21);1-2H3. The van der Waals surface area contributed by atoms with Gasteiger partial charge in [-0.05, 0) is 49.9 Å². The number of nitrogens with zero attached hydrogens (tertiary/aromatic N) is 1. The summed E-state index contributed by atoms with van der Waals surface area (Å²) in [6.45, 7) is 3.06. The topological polar surface area (TPSA) is 45.8 Å². The largest absolute Gasteiger partial charge is 0.338 e. The molecule has 0 spiro atoms. The van der Waals surface area contributed by atoms with Crippen molar-refractivity contribution >= 4 is 22.4 Å². The summed E-state index contributed by atoms with van der Waals surface area (Å²) in [6.07, 6.45) is 8.44. The molecule has 25 heavy (non-hydrogen) atoms. The van der Waals surface area contributed by atoms with Gasteiger partial charge >= 0.3 is 0 Å². The van der Waals surface area contributed by atoms with Gasteiger partial charge in [0.05, 0.1) is 11.0 Å². The summed E-state index contributed by atoms with van der Waals surface area (Å²) < 4.78 is 0. The minimum atomic E-state index is 0.167. The van der Waals surface area contributed by atoms with E-state index in [1.54, 1.807) is 0 Å². The number of Topliss-reactive ketones (excluding diaryl/α,β-unsaturated/α-hetero) is 1. The first-order valence-corrected chi connectivity index (χ1v) is 8.48. The van der Waals surface area contributed by atoms with E-state index in [-0.39, 0.29) is 5.78 Å². The molecule has 0 saturated heterocycles. The summed E-state index contributed by atoms with van der Waals surface area (Å²) in [5, 5.41) is 0. The van der Waals surface area contributed by atoms with Crippen LogP contribution in [0, 0.1) is 0 Å². The number of allylic oxidation sites excluding steroid dienone is 4. The first kappa shape index (κ1) is 16.9. The summed E-state index contributed by atoms with van der Waals surface area (Å²) in [4.78, 5) is 17.5. The third-order valence-electron chi connectivity index (χ3n) is 3.84. The number of aromatic amines is 1. The van der Waals surface area contributed by atoms with Crippen LogP contribution in [0.1, 0.15) is 37.2 Å². The molecule has 126 valence electrons. The second kappa shape index (κ2) is 7.75. The van der Waals surface area contributed by atoms with Crippen LogP contribution >= 0.6 is 0 Å². The lowest BCUT2D eigenvalue weighted by Crippen LogP contribution is -1.87. The molecule has 3 nitrogen and oxygen atoms in total. The highest BCUT2D eigenvalue weighted by molar-refractivity contribution is 5.82. The van der Waals surface area contributed by atoms with E-state index in [1.165, 1.54) is 30.5 Å². The molecule has 0 atom stereocenters. The zero-order chi connectivity index (χ0) is 17.6. The van der Waals surface area contributed by atoms with Crippen molar-refractivity contribution in [2.45, 2.75) is 26.7 Å². The Morgan fingerprint density at radius 3 is 2.52 bits per heavy atom. The highest BCUT2D eigenvalue weighted by Crippen LogP contribution is 2.23. The number of nitrogens with one attached hydrogen (secondary N) is 1. The Bertz CT molecular complexity index is 929. The maximum Gasteiger partial charge on any atom is 0.138 e. The first-order chi connectivity index (χ1) is 12.1. The van der Waals surface area contributed by atoms with Gasteiger partial charge in [-0.1, -0.05) is 54.6 Å². The van der Waals surface area contributed by atoms with Crippen LogP contribution in [0.2, 0.25) is 0 Å². The van der Waals surface area contributed by atoms with Crippen molar-refractivity contribution in [3.05, 3.63) is 83.7 Å². The van der Waals surface area contributed by atoms with Gasteiger partial charge in [0.25, 0.3) is 0 Å². The van der Waals surface area contributed by atoms with Gasteiger partial charge in [0.2, 0.25) is 0 Å². The van der Waals surface area contributed by atoms with E-state index in [9.17, 15) is 4.79 Å². The summed E-state index contributed by atoms with van der Waals surface area (Å²) in [6, 6.07) is 17.0. The molecule has 4 rings (SSSR count). The molecule has 1 N–H and O–H groups in total. The summed E-state index contributed by atoms with van der Waals surface area (Å²) in [5.74, 6) is 1.13. The van der Waals surface area contributed by atoms with Gasteiger partial charge in [-0.2, -0.15) is 0 Å². The van der Waals surface area contributed by atoms with E-state index < -0.39 is 0 Å². The number of rotatable bonds is 3. The van der Waals surface area contributed by atoms with Gasteiger partial charge in [0.1, 0.15) is 11.6 Å². The lowest BCUT2D eigenvalue weighted by atomic mass is 10.0. The molecule has 0 saturated carbocycles. The number of hydrogen-bond acceptors (Lipinski definition) is 2. The predicted octanol–water partition coefficient (Wildman–Crippen LogP) is 5.09. The van der Waals surface area contributed by atoms with Crippen LogP contribution in [0.25, 0.3) is 16.6 Å². The Hall–Kier alpha value is -2.94. The zero-order valence-electron chi connectivity index (χ0n) is 14.6. The fourth-order valence-electron chi connectivity index (χ4n) is 2.77. The Kier molecular flexibility index (Phi) is 5.24. The number of fused-ring (bicyclic) bond motifs is 1. The van der Waals surface area contributed by atoms with E-state index in [0.717, 1.165) is 29.7 Å². The highest BCUT2D eigenvalue weighted by Gasteiger charge is 2.08. The van der Waals surface area contributed by atoms with Gasteiger partial charge in [-0.25, -0.2) is 4.98 Å². The van der Waals surface area contributed by atoms with E-state index >= 15 is 0 Å². The van der Waals surface area contributed by atoms with E-state index in [0.29, 0.717) is 0 Å². The number of aromatic nitrogens is 2. The molecule has 1 aliphatic carbocycles. The van der Waals surface area contributed by atoms with Gasteiger partial charge < -0.3 is 9.78 Å². The maximum absolute atomic E-state index is 9.44. The lowest BCUT2D eigenvalue weighted by molar-refractivity contribution is -0.114. The number of carbonyl (C=O) groups excluding carboxylic acids is 1. The van der Waals surface area contributed by atoms with Gasteiger partial charge in [-0.3, -0.25) is 0 Å². The summed E-state index contributed by atoms with van der Waals surface area (Å²) in [5.41, 5.74) is 5.97. The van der Waals surface area contributed by atoms with Crippen LogP contribution in [0.15, 0.2) is 66.8 Å². The van der Waals surface area contributed by atoms with Gasteiger partial charge in [-0.15, -0.1) is 0 Å². The molecule has 2 aromatic carbocycles. The van der Waals surface area contributed by atoms with Crippen LogP contribution in [0.5, 0.6) is 0 Å². The van der Waals surface area contributed by atoms with Crippen LogP contribution in [-0.2, 0) is 11.2 Å². The normalized spacial score (nSPS) is 12.6. The number of ketones is 1. The predicted molar refractivity (Wildman–Crippen MR) is 103 cm³/mol. The number of H-pyrrole nitrogens is 1. The molecular weight excluding hydrogens is 308 g/mol. The molecule has 3 heteroatoms. The van der Waals surface area contributed by atoms with Crippen molar-refractivity contribution in [1.82, 2.24) is 9.97 Å². The molecule has 0 radical (unpaired) electrons. The first-order valence-electron chi connectivity index (χ1n) is 8.48. The molecule has 1 heterocycles. The van der Waals surface area contributed by atoms with Crippen molar-refractivity contribution in [3.8, 4) is 0 Å².